The molecule has 158 valence electrons. The smallest absolute Gasteiger partial charge is 0.245 e. The van der Waals surface area contributed by atoms with Crippen LogP contribution in [0.5, 0.6) is 0 Å². The lowest BCUT2D eigenvalue weighted by molar-refractivity contribution is -0.114. The maximum Gasteiger partial charge on any atom is 0.245 e. The normalized spacial score (nSPS) is 12.3. The molecule has 4 rings (SSSR count). The molecule has 0 aromatic carbocycles. The van der Waals surface area contributed by atoms with Gasteiger partial charge in [-0.2, -0.15) is 0 Å². The van der Waals surface area contributed by atoms with E-state index >= 15 is 0 Å². The highest BCUT2D eigenvalue weighted by molar-refractivity contribution is 5.93. The highest BCUT2D eigenvalue weighted by Gasteiger charge is 2.23. The van der Waals surface area contributed by atoms with E-state index in [9.17, 15) is 4.79 Å². The van der Waals surface area contributed by atoms with Gasteiger partial charge < -0.3 is 14.8 Å². The standard InChI is InChI=1S/C23H25N7O/c1-5-15-10-19(24-11-16(15)6-2)22-26-18-9-7-8-17(18)23(28-22)30(4)13-21(31)27-20-12-29(3)14-25-20/h5-6,10-12,14H,1-2,7-9,13H2,3-4H3,(H,27,31). The molecule has 0 saturated heterocycles. The van der Waals surface area contributed by atoms with Crippen LogP contribution in [0, 0.1) is 0 Å². The maximum atomic E-state index is 12.5. The third kappa shape index (κ3) is 4.23. The number of likely N-dealkylation sites (N-methyl/N-ethyl adjacent to an activating group) is 1. The first-order chi connectivity index (χ1) is 15.0. The maximum absolute atomic E-state index is 12.5. The molecule has 1 N–H and O–H groups in total. The van der Waals surface area contributed by atoms with Gasteiger partial charge in [0.25, 0.3) is 0 Å². The predicted octanol–water partition coefficient (Wildman–Crippen LogP) is 3.12. The number of rotatable bonds is 7. The Labute approximate surface area is 181 Å². The van der Waals surface area contributed by atoms with Crippen LogP contribution in [0.25, 0.3) is 23.7 Å². The van der Waals surface area contributed by atoms with Gasteiger partial charge in [0, 0.05) is 37.7 Å². The van der Waals surface area contributed by atoms with E-state index in [-0.39, 0.29) is 12.5 Å². The summed E-state index contributed by atoms with van der Waals surface area (Å²) in [5.41, 5.74) is 4.62. The molecule has 0 atom stereocenters. The fraction of sp³-hybridized carbons (Fsp3) is 0.261. The molecule has 31 heavy (non-hydrogen) atoms. The van der Waals surface area contributed by atoms with E-state index in [0.29, 0.717) is 17.3 Å². The molecular formula is C23H25N7O. The molecule has 0 unspecified atom stereocenters. The van der Waals surface area contributed by atoms with E-state index in [1.54, 1.807) is 35.4 Å². The van der Waals surface area contributed by atoms with Crippen molar-refractivity contribution >= 4 is 29.7 Å². The largest absolute Gasteiger partial charge is 0.350 e. The van der Waals surface area contributed by atoms with Crippen molar-refractivity contribution < 1.29 is 4.79 Å². The molecule has 1 aliphatic rings. The Bertz CT molecular complexity index is 1160. The Hall–Kier alpha value is -3.81. The van der Waals surface area contributed by atoms with Gasteiger partial charge in [-0.1, -0.05) is 25.3 Å². The average molecular weight is 416 g/mol. The lowest BCUT2D eigenvalue weighted by atomic mass is 10.1. The van der Waals surface area contributed by atoms with E-state index in [1.165, 1.54) is 0 Å². The van der Waals surface area contributed by atoms with Crippen LogP contribution >= 0.6 is 0 Å². The summed E-state index contributed by atoms with van der Waals surface area (Å²) in [4.78, 5) is 32.6. The van der Waals surface area contributed by atoms with Gasteiger partial charge in [-0.05, 0) is 36.5 Å². The molecule has 1 aliphatic carbocycles. The summed E-state index contributed by atoms with van der Waals surface area (Å²) in [5, 5.41) is 2.82. The van der Waals surface area contributed by atoms with Crippen molar-refractivity contribution in [2.24, 2.45) is 7.05 Å². The first-order valence-corrected chi connectivity index (χ1v) is 10.1. The summed E-state index contributed by atoms with van der Waals surface area (Å²) in [6.07, 6.45) is 11.5. The number of anilines is 2. The Balaban J connectivity index is 1.63. The van der Waals surface area contributed by atoms with Gasteiger partial charge in [-0.25, -0.2) is 15.0 Å². The van der Waals surface area contributed by atoms with Crippen molar-refractivity contribution in [1.29, 1.82) is 0 Å². The lowest BCUT2D eigenvalue weighted by Crippen LogP contribution is -2.31. The van der Waals surface area contributed by atoms with Crippen LogP contribution in [-0.4, -0.2) is 44.0 Å². The quantitative estimate of drug-likeness (QED) is 0.638. The van der Waals surface area contributed by atoms with Crippen LogP contribution in [0.4, 0.5) is 11.6 Å². The van der Waals surface area contributed by atoms with Gasteiger partial charge in [0.05, 0.1) is 12.9 Å². The molecule has 1 amide bonds. The van der Waals surface area contributed by atoms with Gasteiger partial charge in [-0.15, -0.1) is 0 Å². The van der Waals surface area contributed by atoms with Crippen LogP contribution in [-0.2, 0) is 24.7 Å². The summed E-state index contributed by atoms with van der Waals surface area (Å²) in [6.45, 7) is 7.84. The highest BCUT2D eigenvalue weighted by Crippen LogP contribution is 2.31. The van der Waals surface area contributed by atoms with Gasteiger partial charge >= 0.3 is 0 Å². The van der Waals surface area contributed by atoms with Gasteiger partial charge in [-0.3, -0.25) is 9.78 Å². The monoisotopic (exact) mass is 415 g/mol. The molecule has 0 aliphatic heterocycles. The first kappa shape index (κ1) is 20.5. The fourth-order valence-electron chi connectivity index (χ4n) is 3.74. The number of nitrogens with one attached hydrogen (secondary N) is 1. The Morgan fingerprint density at radius 3 is 2.74 bits per heavy atom. The summed E-state index contributed by atoms with van der Waals surface area (Å²) in [6, 6.07) is 1.91. The number of aryl methyl sites for hydroxylation is 2. The zero-order valence-corrected chi connectivity index (χ0v) is 17.8. The SMILES string of the molecule is C=Cc1cnc(-c2nc3c(c(N(C)CC(=O)Nc4cn(C)cn4)n2)CCC3)cc1C=C. The molecule has 3 aromatic heterocycles. The third-order valence-corrected chi connectivity index (χ3v) is 5.26. The molecule has 0 fully saturated rings. The van der Waals surface area contributed by atoms with Crippen LogP contribution in [0.1, 0.15) is 28.8 Å². The second-order valence-corrected chi connectivity index (χ2v) is 7.58. The molecule has 0 radical (unpaired) electrons. The number of carbonyl (C=O) groups is 1. The minimum Gasteiger partial charge on any atom is -0.350 e. The zero-order chi connectivity index (χ0) is 22.0. The van der Waals surface area contributed by atoms with Crippen molar-refractivity contribution in [1.82, 2.24) is 24.5 Å². The van der Waals surface area contributed by atoms with Crippen molar-refractivity contribution in [2.75, 3.05) is 23.8 Å². The highest BCUT2D eigenvalue weighted by atomic mass is 16.2. The van der Waals surface area contributed by atoms with E-state index in [0.717, 1.165) is 47.5 Å². The molecule has 3 heterocycles. The van der Waals surface area contributed by atoms with Gasteiger partial charge in [0.2, 0.25) is 5.91 Å². The number of aromatic nitrogens is 5. The average Bonchev–Trinajstić information content (AvgIpc) is 3.40. The van der Waals surface area contributed by atoms with E-state index < -0.39 is 0 Å². The molecular weight excluding hydrogens is 390 g/mol. The van der Waals surface area contributed by atoms with Crippen molar-refractivity contribution in [3.05, 3.63) is 60.3 Å². The van der Waals surface area contributed by atoms with Crippen LogP contribution in [0.3, 0.4) is 0 Å². The zero-order valence-electron chi connectivity index (χ0n) is 17.8. The second kappa shape index (κ2) is 8.51. The number of nitrogens with zero attached hydrogens (tertiary/aromatic N) is 6. The topological polar surface area (TPSA) is 88.8 Å². The molecule has 0 saturated carbocycles. The number of hydrogen-bond donors (Lipinski definition) is 1. The van der Waals surface area contributed by atoms with Crippen LogP contribution < -0.4 is 10.2 Å². The third-order valence-electron chi connectivity index (χ3n) is 5.26. The van der Waals surface area contributed by atoms with E-state index in [1.807, 2.05) is 25.1 Å². The minimum absolute atomic E-state index is 0.153. The summed E-state index contributed by atoms with van der Waals surface area (Å²) in [5.74, 6) is 1.68. The Morgan fingerprint density at radius 2 is 2.03 bits per heavy atom. The summed E-state index contributed by atoms with van der Waals surface area (Å²) in [7, 11) is 3.72. The van der Waals surface area contributed by atoms with Gasteiger partial charge in [0.1, 0.15) is 11.5 Å². The minimum atomic E-state index is -0.157. The number of hydrogen-bond acceptors (Lipinski definition) is 6. The van der Waals surface area contributed by atoms with Crippen molar-refractivity contribution in [3.63, 3.8) is 0 Å². The molecule has 3 aromatic rings. The number of pyridine rings is 1. The summed E-state index contributed by atoms with van der Waals surface area (Å²) < 4.78 is 1.78. The van der Waals surface area contributed by atoms with Gasteiger partial charge in [0.15, 0.2) is 11.6 Å². The number of amides is 1. The number of fused-ring (bicyclic) bond motifs is 1. The Morgan fingerprint density at radius 1 is 1.23 bits per heavy atom. The molecule has 0 bridgehead atoms. The predicted molar refractivity (Wildman–Crippen MR) is 123 cm³/mol. The molecule has 8 nitrogen and oxygen atoms in total. The van der Waals surface area contributed by atoms with Crippen LogP contribution in [0.2, 0.25) is 0 Å². The number of carbonyl (C=O) groups excluding carboxylic acids is 1. The van der Waals surface area contributed by atoms with Crippen molar-refractivity contribution in [2.45, 2.75) is 19.3 Å². The van der Waals surface area contributed by atoms with Crippen LogP contribution in [0.15, 0.2) is 37.9 Å². The summed E-state index contributed by atoms with van der Waals surface area (Å²) >= 11 is 0. The molecule has 0 spiro atoms. The number of imidazole rings is 1. The molecule has 8 heteroatoms. The van der Waals surface area contributed by atoms with Crippen molar-refractivity contribution in [3.8, 4) is 11.5 Å². The first-order valence-electron chi connectivity index (χ1n) is 10.1. The second-order valence-electron chi connectivity index (χ2n) is 7.58. The lowest BCUT2D eigenvalue weighted by Gasteiger charge is -2.21. The Kier molecular flexibility index (Phi) is 5.62. The fourth-order valence-corrected chi connectivity index (χ4v) is 3.74. The van der Waals surface area contributed by atoms with E-state index in [2.05, 4.69) is 28.4 Å². The van der Waals surface area contributed by atoms with E-state index in [4.69, 9.17) is 9.97 Å².